The van der Waals surface area contributed by atoms with Gasteiger partial charge in [0.15, 0.2) is 0 Å². The molecule has 1 aromatic rings. The van der Waals surface area contributed by atoms with Gasteiger partial charge in [0.1, 0.15) is 11.5 Å². The normalized spacial score (nSPS) is 26.4. The molecule has 104 valence electrons. The Morgan fingerprint density at radius 1 is 1.42 bits per heavy atom. The molecule has 1 saturated heterocycles. The summed E-state index contributed by atoms with van der Waals surface area (Å²) in [6, 6.07) is 7.20. The zero-order chi connectivity index (χ0) is 13.8. The standard InChI is InChI=1S/C14H18O4S/c1-9-3-5-10(6-4-9)13(15)18-12-7-11(8-17-2)19-14(12)16/h3-6,11-12,14,16H,7-8H2,1-2H3. The fourth-order valence-corrected chi connectivity index (χ4v) is 3.26. The zero-order valence-electron chi connectivity index (χ0n) is 11.0. The molecule has 1 fully saturated rings. The van der Waals surface area contributed by atoms with E-state index >= 15 is 0 Å². The predicted octanol–water partition coefficient (Wildman–Crippen LogP) is 1.99. The molecule has 3 atom stereocenters. The molecule has 5 heteroatoms. The highest BCUT2D eigenvalue weighted by Gasteiger charge is 2.36. The number of aryl methyl sites for hydroxylation is 1. The lowest BCUT2D eigenvalue weighted by Gasteiger charge is -2.14. The predicted molar refractivity (Wildman–Crippen MR) is 74.3 cm³/mol. The Morgan fingerprint density at radius 3 is 2.74 bits per heavy atom. The number of rotatable bonds is 4. The van der Waals surface area contributed by atoms with Crippen LogP contribution in [0.5, 0.6) is 0 Å². The average molecular weight is 282 g/mol. The molecule has 1 aliphatic rings. The highest BCUT2D eigenvalue weighted by molar-refractivity contribution is 8.00. The van der Waals surface area contributed by atoms with E-state index in [1.54, 1.807) is 19.2 Å². The van der Waals surface area contributed by atoms with Crippen LogP contribution in [0.15, 0.2) is 24.3 Å². The molecule has 1 heterocycles. The lowest BCUT2D eigenvalue weighted by molar-refractivity contribution is 0.00696. The third kappa shape index (κ3) is 3.72. The summed E-state index contributed by atoms with van der Waals surface area (Å²) in [6.07, 6.45) is 0.163. The maximum absolute atomic E-state index is 11.9. The van der Waals surface area contributed by atoms with Gasteiger partial charge in [-0.1, -0.05) is 17.7 Å². The topological polar surface area (TPSA) is 55.8 Å². The second-order valence-electron chi connectivity index (χ2n) is 4.65. The highest BCUT2D eigenvalue weighted by Crippen LogP contribution is 2.34. The molecule has 2 rings (SSSR count). The number of aliphatic hydroxyl groups is 1. The van der Waals surface area contributed by atoms with E-state index in [-0.39, 0.29) is 11.2 Å². The molecule has 0 spiro atoms. The summed E-state index contributed by atoms with van der Waals surface area (Å²) in [4.78, 5) is 11.9. The van der Waals surface area contributed by atoms with E-state index in [0.29, 0.717) is 18.6 Å². The van der Waals surface area contributed by atoms with Crippen LogP contribution >= 0.6 is 11.8 Å². The van der Waals surface area contributed by atoms with Crippen molar-refractivity contribution in [3.63, 3.8) is 0 Å². The van der Waals surface area contributed by atoms with Gasteiger partial charge < -0.3 is 14.6 Å². The minimum Gasteiger partial charge on any atom is -0.455 e. The molecular formula is C14H18O4S. The van der Waals surface area contributed by atoms with Crippen LogP contribution < -0.4 is 0 Å². The Kier molecular flexibility index (Phi) is 4.85. The first-order chi connectivity index (χ1) is 9.10. The summed E-state index contributed by atoms with van der Waals surface area (Å²) in [6.45, 7) is 2.52. The summed E-state index contributed by atoms with van der Waals surface area (Å²) in [5.74, 6) is -0.386. The minimum atomic E-state index is -0.672. The third-order valence-corrected chi connectivity index (χ3v) is 4.34. The molecule has 0 saturated carbocycles. The number of hydrogen-bond donors (Lipinski definition) is 1. The zero-order valence-corrected chi connectivity index (χ0v) is 11.9. The van der Waals surface area contributed by atoms with E-state index in [1.165, 1.54) is 11.8 Å². The van der Waals surface area contributed by atoms with Crippen molar-refractivity contribution in [2.24, 2.45) is 0 Å². The van der Waals surface area contributed by atoms with Crippen LogP contribution in [-0.2, 0) is 9.47 Å². The smallest absolute Gasteiger partial charge is 0.338 e. The van der Waals surface area contributed by atoms with E-state index in [4.69, 9.17) is 9.47 Å². The van der Waals surface area contributed by atoms with Crippen molar-refractivity contribution < 1.29 is 19.4 Å². The Morgan fingerprint density at radius 2 is 2.11 bits per heavy atom. The van der Waals surface area contributed by atoms with Gasteiger partial charge in [-0.15, -0.1) is 11.8 Å². The lowest BCUT2D eigenvalue weighted by Crippen LogP contribution is -2.25. The van der Waals surface area contributed by atoms with Crippen molar-refractivity contribution in [2.75, 3.05) is 13.7 Å². The Bertz CT molecular complexity index is 432. The molecule has 0 radical (unpaired) electrons. The molecule has 1 N–H and O–H groups in total. The summed E-state index contributed by atoms with van der Waals surface area (Å²) >= 11 is 1.39. The lowest BCUT2D eigenvalue weighted by atomic mass is 10.1. The van der Waals surface area contributed by atoms with Crippen molar-refractivity contribution in [2.45, 2.75) is 30.1 Å². The van der Waals surface area contributed by atoms with Crippen molar-refractivity contribution in [3.8, 4) is 0 Å². The van der Waals surface area contributed by atoms with Crippen LogP contribution in [0.3, 0.4) is 0 Å². The molecule has 0 amide bonds. The number of carbonyl (C=O) groups excluding carboxylic acids is 1. The van der Waals surface area contributed by atoms with Crippen LogP contribution in [0.4, 0.5) is 0 Å². The summed E-state index contributed by atoms with van der Waals surface area (Å²) in [5, 5.41) is 10.0. The first-order valence-corrected chi connectivity index (χ1v) is 7.14. The quantitative estimate of drug-likeness (QED) is 0.856. The van der Waals surface area contributed by atoms with Gasteiger partial charge in [-0.3, -0.25) is 0 Å². The minimum absolute atomic E-state index is 0.177. The second-order valence-corrected chi connectivity index (χ2v) is 6.07. The van der Waals surface area contributed by atoms with Crippen LogP contribution in [0.25, 0.3) is 0 Å². The average Bonchev–Trinajstić information content (AvgIpc) is 2.71. The van der Waals surface area contributed by atoms with E-state index < -0.39 is 11.5 Å². The number of hydrogen-bond acceptors (Lipinski definition) is 5. The second kappa shape index (κ2) is 6.41. The van der Waals surface area contributed by atoms with Crippen LogP contribution in [0, 0.1) is 6.92 Å². The van der Waals surface area contributed by atoms with Crippen molar-refractivity contribution >= 4 is 17.7 Å². The first kappa shape index (κ1) is 14.4. The SMILES string of the molecule is COCC1CC(OC(=O)c2ccc(C)cc2)C(O)S1. The number of aliphatic hydroxyl groups excluding tert-OH is 1. The molecule has 0 aromatic heterocycles. The molecular weight excluding hydrogens is 264 g/mol. The summed E-state index contributed by atoms with van der Waals surface area (Å²) < 4.78 is 10.4. The summed E-state index contributed by atoms with van der Waals surface area (Å²) in [7, 11) is 1.62. The molecule has 1 aliphatic heterocycles. The van der Waals surface area contributed by atoms with Gasteiger partial charge in [-0.05, 0) is 19.1 Å². The van der Waals surface area contributed by atoms with E-state index in [9.17, 15) is 9.90 Å². The largest absolute Gasteiger partial charge is 0.455 e. The number of thioether (sulfide) groups is 1. The monoisotopic (exact) mass is 282 g/mol. The van der Waals surface area contributed by atoms with E-state index in [2.05, 4.69) is 0 Å². The van der Waals surface area contributed by atoms with Gasteiger partial charge >= 0.3 is 5.97 Å². The van der Waals surface area contributed by atoms with Crippen molar-refractivity contribution in [1.82, 2.24) is 0 Å². The van der Waals surface area contributed by atoms with Gasteiger partial charge in [-0.2, -0.15) is 0 Å². The fraction of sp³-hybridized carbons (Fsp3) is 0.500. The van der Waals surface area contributed by atoms with E-state index in [0.717, 1.165) is 5.56 Å². The molecule has 4 nitrogen and oxygen atoms in total. The molecule has 3 unspecified atom stereocenters. The van der Waals surface area contributed by atoms with Crippen LogP contribution in [-0.4, -0.2) is 41.6 Å². The van der Waals surface area contributed by atoms with Gasteiger partial charge in [0, 0.05) is 18.8 Å². The number of methoxy groups -OCH3 is 1. The first-order valence-electron chi connectivity index (χ1n) is 6.20. The number of benzene rings is 1. The maximum atomic E-state index is 11.9. The van der Waals surface area contributed by atoms with Crippen LogP contribution in [0.1, 0.15) is 22.3 Å². The van der Waals surface area contributed by atoms with E-state index in [1.807, 2.05) is 19.1 Å². The van der Waals surface area contributed by atoms with Gasteiger partial charge in [-0.25, -0.2) is 4.79 Å². The number of ether oxygens (including phenoxy) is 2. The number of carbonyl (C=O) groups is 1. The maximum Gasteiger partial charge on any atom is 0.338 e. The Labute approximate surface area is 117 Å². The molecule has 1 aromatic carbocycles. The molecule has 0 bridgehead atoms. The van der Waals surface area contributed by atoms with Gasteiger partial charge in [0.25, 0.3) is 0 Å². The third-order valence-electron chi connectivity index (χ3n) is 3.04. The van der Waals surface area contributed by atoms with Crippen LogP contribution in [0.2, 0.25) is 0 Å². The van der Waals surface area contributed by atoms with Crippen molar-refractivity contribution in [1.29, 1.82) is 0 Å². The fourth-order valence-electron chi connectivity index (χ4n) is 2.01. The number of esters is 1. The Hall–Kier alpha value is -1.04. The Balaban J connectivity index is 1.94. The van der Waals surface area contributed by atoms with Gasteiger partial charge in [0.05, 0.1) is 12.2 Å². The summed E-state index contributed by atoms with van der Waals surface area (Å²) in [5.41, 5.74) is 0.931. The van der Waals surface area contributed by atoms with Gasteiger partial charge in [0.2, 0.25) is 0 Å². The molecule has 19 heavy (non-hydrogen) atoms. The molecule has 0 aliphatic carbocycles. The highest BCUT2D eigenvalue weighted by atomic mass is 32.2. The van der Waals surface area contributed by atoms with Crippen molar-refractivity contribution in [3.05, 3.63) is 35.4 Å².